The maximum Gasteiger partial charge on any atom is 0.156 e. The number of allylic oxidation sites excluding steroid dienone is 6. The summed E-state index contributed by atoms with van der Waals surface area (Å²) in [4.78, 5) is 11.7. The third-order valence-corrected chi connectivity index (χ3v) is 7.06. The number of ketones is 1. The molecule has 0 aromatic rings. The number of fused-ring (bicyclic) bond motifs is 5. The van der Waals surface area contributed by atoms with Gasteiger partial charge in [0.25, 0.3) is 0 Å². The van der Waals surface area contributed by atoms with E-state index in [0.717, 1.165) is 25.7 Å². The van der Waals surface area contributed by atoms with Gasteiger partial charge in [-0.3, -0.25) is 4.79 Å². The largest absolute Gasteiger partial charge is 0.512 e. The second kappa shape index (κ2) is 4.12. The molecule has 1 saturated carbocycles. The maximum atomic E-state index is 11.7. The molecule has 4 aliphatic rings. The predicted octanol–water partition coefficient (Wildman–Crippen LogP) is 4.35. The van der Waals surface area contributed by atoms with Crippen LogP contribution in [0.4, 0.5) is 0 Å². The van der Waals surface area contributed by atoms with Crippen LogP contribution in [0.3, 0.4) is 0 Å². The lowest BCUT2D eigenvalue weighted by atomic mass is 9.49. The Hall–Kier alpha value is -1.31. The Balaban J connectivity index is 1.76. The average Bonchev–Trinajstić information content (AvgIpc) is 2.76. The quantitative estimate of drug-likeness (QED) is 0.718. The van der Waals surface area contributed by atoms with Crippen molar-refractivity contribution in [3.63, 3.8) is 0 Å². The first kappa shape index (κ1) is 13.4. The molecule has 5 atom stereocenters. The van der Waals surface area contributed by atoms with Gasteiger partial charge >= 0.3 is 0 Å². The molecule has 1 N–H and O–H groups in total. The van der Waals surface area contributed by atoms with Crippen molar-refractivity contribution in [2.45, 2.75) is 46.0 Å². The molecule has 0 amide bonds. The molecule has 0 saturated heterocycles. The molecule has 0 aliphatic heterocycles. The van der Waals surface area contributed by atoms with Gasteiger partial charge in [-0.2, -0.15) is 0 Å². The van der Waals surface area contributed by atoms with Gasteiger partial charge in [0.05, 0.1) is 5.76 Å². The van der Waals surface area contributed by atoms with E-state index in [-0.39, 0.29) is 16.6 Å². The van der Waals surface area contributed by atoms with E-state index in [1.165, 1.54) is 5.57 Å². The molecule has 0 bridgehead atoms. The summed E-state index contributed by atoms with van der Waals surface area (Å²) in [5.41, 5.74) is 1.39. The SMILES string of the molecule is CC12CCC3C(C=CC4=CC(=O)CCC43C)C1CC=C2O. The normalized spacial score (nSPS) is 48.1. The van der Waals surface area contributed by atoms with Crippen LogP contribution in [0.2, 0.25) is 0 Å². The molecular weight excluding hydrogens is 260 g/mol. The van der Waals surface area contributed by atoms with Crippen LogP contribution in [0.25, 0.3) is 0 Å². The van der Waals surface area contributed by atoms with E-state index in [2.05, 4.69) is 26.0 Å². The van der Waals surface area contributed by atoms with Gasteiger partial charge in [-0.1, -0.05) is 26.0 Å². The number of carbonyl (C=O) groups excluding carboxylic acids is 1. The number of hydrogen-bond acceptors (Lipinski definition) is 2. The number of rotatable bonds is 0. The highest BCUT2D eigenvalue weighted by molar-refractivity contribution is 5.92. The lowest BCUT2D eigenvalue weighted by Gasteiger charge is -2.55. The summed E-state index contributed by atoms with van der Waals surface area (Å²) in [7, 11) is 0. The Morgan fingerprint density at radius 1 is 1.19 bits per heavy atom. The van der Waals surface area contributed by atoms with E-state index in [0.29, 0.717) is 29.9 Å². The van der Waals surface area contributed by atoms with Crippen molar-refractivity contribution in [2.75, 3.05) is 0 Å². The highest BCUT2D eigenvalue weighted by atomic mass is 16.3. The van der Waals surface area contributed by atoms with Crippen molar-refractivity contribution in [3.05, 3.63) is 35.6 Å². The Morgan fingerprint density at radius 2 is 2.00 bits per heavy atom. The molecular formula is C19H24O2. The molecule has 2 heteroatoms. The Labute approximate surface area is 126 Å². The molecule has 4 rings (SSSR count). The molecule has 5 unspecified atom stereocenters. The van der Waals surface area contributed by atoms with E-state index in [9.17, 15) is 9.90 Å². The molecule has 0 heterocycles. The molecule has 4 aliphatic carbocycles. The zero-order valence-corrected chi connectivity index (χ0v) is 12.9. The van der Waals surface area contributed by atoms with Crippen LogP contribution in [0.15, 0.2) is 35.6 Å². The van der Waals surface area contributed by atoms with Gasteiger partial charge in [0.2, 0.25) is 0 Å². The average molecular weight is 284 g/mol. The summed E-state index contributed by atoms with van der Waals surface area (Å²) in [5, 5.41) is 10.3. The number of hydrogen-bond donors (Lipinski definition) is 1. The first-order valence-electron chi connectivity index (χ1n) is 8.28. The second-order valence-corrected chi connectivity index (χ2v) is 7.91. The van der Waals surface area contributed by atoms with Gasteiger partial charge in [0.1, 0.15) is 0 Å². The minimum absolute atomic E-state index is 0.0203. The number of carbonyl (C=O) groups is 1. The van der Waals surface area contributed by atoms with Gasteiger partial charge < -0.3 is 5.11 Å². The van der Waals surface area contributed by atoms with Crippen molar-refractivity contribution in [1.82, 2.24) is 0 Å². The molecule has 0 aromatic carbocycles. The van der Waals surface area contributed by atoms with Crippen LogP contribution in [0.5, 0.6) is 0 Å². The fraction of sp³-hybridized carbons (Fsp3) is 0.632. The lowest BCUT2D eigenvalue weighted by molar-refractivity contribution is -0.116. The maximum absolute atomic E-state index is 11.7. The van der Waals surface area contributed by atoms with Crippen LogP contribution < -0.4 is 0 Å². The Kier molecular flexibility index (Phi) is 2.62. The first-order valence-corrected chi connectivity index (χ1v) is 8.28. The topological polar surface area (TPSA) is 37.3 Å². The van der Waals surface area contributed by atoms with Crippen molar-refractivity contribution in [2.24, 2.45) is 28.6 Å². The van der Waals surface area contributed by atoms with Gasteiger partial charge in [0.15, 0.2) is 5.78 Å². The van der Waals surface area contributed by atoms with Gasteiger partial charge in [-0.25, -0.2) is 0 Å². The minimum atomic E-state index is -0.0203. The fourth-order valence-electron chi connectivity index (χ4n) is 5.55. The van der Waals surface area contributed by atoms with E-state index in [1.54, 1.807) is 0 Å². The monoisotopic (exact) mass is 284 g/mol. The van der Waals surface area contributed by atoms with Crippen molar-refractivity contribution >= 4 is 5.78 Å². The fourth-order valence-corrected chi connectivity index (χ4v) is 5.55. The zero-order chi connectivity index (χ0) is 14.8. The van der Waals surface area contributed by atoms with Gasteiger partial charge in [-0.15, -0.1) is 0 Å². The second-order valence-electron chi connectivity index (χ2n) is 7.91. The Morgan fingerprint density at radius 3 is 2.81 bits per heavy atom. The molecule has 0 aromatic heterocycles. The summed E-state index contributed by atoms with van der Waals surface area (Å²) >= 11 is 0. The molecule has 2 nitrogen and oxygen atoms in total. The third-order valence-electron chi connectivity index (χ3n) is 7.06. The molecule has 1 fully saturated rings. The third kappa shape index (κ3) is 1.62. The van der Waals surface area contributed by atoms with Crippen LogP contribution >= 0.6 is 0 Å². The molecule has 21 heavy (non-hydrogen) atoms. The van der Waals surface area contributed by atoms with E-state index >= 15 is 0 Å². The highest BCUT2D eigenvalue weighted by Crippen LogP contribution is 2.63. The summed E-state index contributed by atoms with van der Waals surface area (Å²) in [5.74, 6) is 2.60. The van der Waals surface area contributed by atoms with Crippen LogP contribution in [0, 0.1) is 28.6 Å². The smallest absolute Gasteiger partial charge is 0.156 e. The van der Waals surface area contributed by atoms with Crippen LogP contribution in [-0.2, 0) is 4.79 Å². The molecule has 112 valence electrons. The standard InChI is InChI=1S/C19H24O2/c1-18-9-7-13(20)11-12(18)3-4-14-15-5-6-17(21)19(15,2)10-8-16(14)18/h3-4,6,11,14-16,21H,5,7-10H2,1-2H3. The molecule has 0 spiro atoms. The van der Waals surface area contributed by atoms with Gasteiger partial charge in [-0.05, 0) is 66.6 Å². The highest BCUT2D eigenvalue weighted by Gasteiger charge is 2.56. The van der Waals surface area contributed by atoms with Crippen molar-refractivity contribution < 1.29 is 9.90 Å². The molecule has 0 radical (unpaired) electrons. The lowest BCUT2D eigenvalue weighted by Crippen LogP contribution is -2.48. The summed E-state index contributed by atoms with van der Waals surface area (Å²) in [6, 6.07) is 0. The first-order chi connectivity index (χ1) is 9.95. The Bertz CT molecular complexity index is 597. The van der Waals surface area contributed by atoms with E-state index in [1.807, 2.05) is 12.2 Å². The van der Waals surface area contributed by atoms with E-state index < -0.39 is 0 Å². The van der Waals surface area contributed by atoms with Crippen LogP contribution in [0.1, 0.15) is 46.0 Å². The number of aliphatic hydroxyl groups is 1. The minimum Gasteiger partial charge on any atom is -0.512 e. The number of aliphatic hydroxyl groups excluding tert-OH is 1. The van der Waals surface area contributed by atoms with E-state index in [4.69, 9.17) is 0 Å². The predicted molar refractivity (Wildman–Crippen MR) is 82.7 cm³/mol. The summed E-state index contributed by atoms with van der Waals surface area (Å²) < 4.78 is 0. The summed E-state index contributed by atoms with van der Waals surface area (Å²) in [6.07, 6.45) is 13.4. The van der Waals surface area contributed by atoms with Crippen molar-refractivity contribution in [1.29, 1.82) is 0 Å². The van der Waals surface area contributed by atoms with Gasteiger partial charge in [0, 0.05) is 11.8 Å². The van der Waals surface area contributed by atoms with Crippen LogP contribution in [-0.4, -0.2) is 10.9 Å². The van der Waals surface area contributed by atoms with Crippen molar-refractivity contribution in [3.8, 4) is 0 Å². The zero-order valence-electron chi connectivity index (χ0n) is 12.9. The summed E-state index contributed by atoms with van der Waals surface area (Å²) in [6.45, 7) is 4.59.